The third-order valence-electron chi connectivity index (χ3n) is 3.54. The Bertz CT molecular complexity index is 806. The molecular weight excluding hydrogens is 314 g/mol. The fourth-order valence-corrected chi connectivity index (χ4v) is 2.35. The molecule has 2 aromatic rings. The predicted octanol–water partition coefficient (Wildman–Crippen LogP) is 0.338. The summed E-state index contributed by atoms with van der Waals surface area (Å²) in [6.45, 7) is 0.346. The molecule has 8 heteroatoms. The number of rotatable bonds is 4. The van der Waals surface area contributed by atoms with E-state index >= 15 is 0 Å². The van der Waals surface area contributed by atoms with E-state index in [0.717, 1.165) is 5.56 Å². The number of carbonyl (C=O) groups excluding carboxylic acids is 2. The Balaban J connectivity index is 1.77. The van der Waals surface area contributed by atoms with Crippen LogP contribution in [0.4, 0.5) is 0 Å². The smallest absolute Gasteiger partial charge is 0.318 e. The number of nitrogens with one attached hydrogen (secondary N) is 2. The monoisotopic (exact) mass is 329 g/mol. The first-order valence-corrected chi connectivity index (χ1v) is 7.21. The van der Waals surface area contributed by atoms with E-state index in [-0.39, 0.29) is 24.6 Å². The molecule has 0 fully saturated rings. The van der Waals surface area contributed by atoms with Gasteiger partial charge in [-0.3, -0.25) is 9.59 Å². The highest BCUT2D eigenvalue weighted by Gasteiger charge is 2.25. The van der Waals surface area contributed by atoms with Crippen LogP contribution in [0.2, 0.25) is 0 Å². The molecule has 0 spiro atoms. The highest BCUT2D eigenvalue weighted by atomic mass is 16.7. The minimum absolute atomic E-state index is 0.0122. The second-order valence-corrected chi connectivity index (χ2v) is 5.05. The summed E-state index contributed by atoms with van der Waals surface area (Å²) in [4.78, 5) is 24.2. The number of aromatic nitrogens is 1. The van der Waals surface area contributed by atoms with Gasteiger partial charge in [0.25, 0.3) is 11.6 Å². The third-order valence-corrected chi connectivity index (χ3v) is 3.54. The van der Waals surface area contributed by atoms with Gasteiger partial charge in [-0.25, -0.2) is 0 Å². The van der Waals surface area contributed by atoms with Gasteiger partial charge in [0.05, 0.1) is 0 Å². The molecule has 24 heavy (non-hydrogen) atoms. The molecule has 1 aliphatic heterocycles. The standard InChI is InChI=1S/C16H15N3O5/c1-17-15(20)11-3-2-6-19(22)14(11)16(21)18-8-10-4-5-12-13(7-10)24-9-23-12/h2-7H,8-9H2,1H3,(H,17,20)(H,18,21). The number of hydrogen-bond acceptors (Lipinski definition) is 5. The van der Waals surface area contributed by atoms with Crippen molar-refractivity contribution < 1.29 is 23.8 Å². The maximum absolute atomic E-state index is 12.3. The molecule has 1 aromatic carbocycles. The summed E-state index contributed by atoms with van der Waals surface area (Å²) in [6, 6.07) is 8.10. The van der Waals surface area contributed by atoms with Gasteiger partial charge in [0, 0.05) is 19.7 Å². The van der Waals surface area contributed by atoms with Crippen molar-refractivity contribution in [1.29, 1.82) is 0 Å². The summed E-state index contributed by atoms with van der Waals surface area (Å²) in [6.07, 6.45) is 1.17. The van der Waals surface area contributed by atoms with E-state index in [9.17, 15) is 14.8 Å². The Morgan fingerprint density at radius 2 is 2.00 bits per heavy atom. The van der Waals surface area contributed by atoms with Crippen LogP contribution in [-0.2, 0) is 6.54 Å². The van der Waals surface area contributed by atoms with Crippen molar-refractivity contribution in [2.45, 2.75) is 6.54 Å². The van der Waals surface area contributed by atoms with Gasteiger partial charge in [0.1, 0.15) is 5.56 Å². The zero-order valence-corrected chi connectivity index (χ0v) is 12.9. The predicted molar refractivity (Wildman–Crippen MR) is 82.5 cm³/mol. The lowest BCUT2D eigenvalue weighted by Crippen LogP contribution is -2.42. The van der Waals surface area contributed by atoms with Crippen LogP contribution in [0.5, 0.6) is 11.5 Å². The van der Waals surface area contributed by atoms with Crippen molar-refractivity contribution in [3.05, 3.63) is 58.6 Å². The topological polar surface area (TPSA) is 104 Å². The van der Waals surface area contributed by atoms with E-state index in [1.54, 1.807) is 18.2 Å². The first-order valence-electron chi connectivity index (χ1n) is 7.21. The van der Waals surface area contributed by atoms with E-state index in [4.69, 9.17) is 9.47 Å². The Morgan fingerprint density at radius 3 is 2.79 bits per heavy atom. The Labute approximate surface area is 137 Å². The van der Waals surface area contributed by atoms with E-state index < -0.39 is 11.8 Å². The van der Waals surface area contributed by atoms with Gasteiger partial charge in [0.15, 0.2) is 17.7 Å². The lowest BCUT2D eigenvalue weighted by Gasteiger charge is -2.09. The summed E-state index contributed by atoms with van der Waals surface area (Å²) in [7, 11) is 1.43. The lowest BCUT2D eigenvalue weighted by atomic mass is 10.1. The Hall–Kier alpha value is -3.29. The molecule has 1 aromatic heterocycles. The van der Waals surface area contributed by atoms with Crippen molar-refractivity contribution >= 4 is 11.8 Å². The molecule has 8 nitrogen and oxygen atoms in total. The molecule has 2 amide bonds. The molecule has 3 rings (SSSR count). The molecule has 1 aliphatic rings. The normalized spacial score (nSPS) is 11.9. The largest absolute Gasteiger partial charge is 0.618 e. The molecule has 0 saturated heterocycles. The number of nitrogens with zero attached hydrogens (tertiary/aromatic N) is 1. The zero-order valence-electron chi connectivity index (χ0n) is 12.9. The average Bonchev–Trinajstić information content (AvgIpc) is 3.06. The Kier molecular flexibility index (Phi) is 4.19. The van der Waals surface area contributed by atoms with Crippen molar-refractivity contribution in [2.75, 3.05) is 13.8 Å². The van der Waals surface area contributed by atoms with E-state index in [2.05, 4.69) is 10.6 Å². The molecule has 2 N–H and O–H groups in total. The summed E-state index contributed by atoms with van der Waals surface area (Å²) >= 11 is 0. The van der Waals surface area contributed by atoms with Crippen LogP contribution in [0.1, 0.15) is 26.4 Å². The SMILES string of the molecule is CNC(=O)c1ccc[n+]([O-])c1C(=O)NCc1ccc2c(c1)OCO2. The van der Waals surface area contributed by atoms with Crippen LogP contribution >= 0.6 is 0 Å². The van der Waals surface area contributed by atoms with Gasteiger partial charge < -0.3 is 25.3 Å². The van der Waals surface area contributed by atoms with Crippen LogP contribution in [-0.4, -0.2) is 25.7 Å². The number of hydrogen-bond donors (Lipinski definition) is 2. The zero-order chi connectivity index (χ0) is 17.1. The maximum Gasteiger partial charge on any atom is 0.318 e. The minimum atomic E-state index is -0.637. The van der Waals surface area contributed by atoms with E-state index in [1.807, 2.05) is 0 Å². The number of ether oxygens (including phenoxy) is 2. The molecule has 124 valence electrons. The first-order chi connectivity index (χ1) is 11.6. The molecule has 0 radical (unpaired) electrons. The van der Waals surface area contributed by atoms with Gasteiger partial charge in [0.2, 0.25) is 6.79 Å². The highest BCUT2D eigenvalue weighted by molar-refractivity contribution is 6.04. The molecule has 0 unspecified atom stereocenters. The molecule has 2 heterocycles. The molecule has 0 atom stereocenters. The van der Waals surface area contributed by atoms with Crippen molar-refractivity contribution in [2.24, 2.45) is 0 Å². The van der Waals surface area contributed by atoms with Crippen molar-refractivity contribution in [1.82, 2.24) is 10.6 Å². The number of benzene rings is 1. The summed E-state index contributed by atoms with van der Waals surface area (Å²) in [5.74, 6) is 0.106. The Morgan fingerprint density at radius 1 is 1.21 bits per heavy atom. The number of fused-ring (bicyclic) bond motifs is 1. The number of carbonyl (C=O) groups is 2. The third kappa shape index (κ3) is 2.94. The van der Waals surface area contributed by atoms with Crippen LogP contribution < -0.4 is 24.8 Å². The van der Waals surface area contributed by atoms with Crippen LogP contribution in [0.25, 0.3) is 0 Å². The fourth-order valence-electron chi connectivity index (χ4n) is 2.35. The summed E-state index contributed by atoms with van der Waals surface area (Å²) in [5.41, 5.74) is 0.540. The first kappa shape index (κ1) is 15.6. The van der Waals surface area contributed by atoms with Crippen molar-refractivity contribution in [3.63, 3.8) is 0 Å². The van der Waals surface area contributed by atoms with Crippen molar-refractivity contribution in [3.8, 4) is 11.5 Å². The van der Waals surface area contributed by atoms with Gasteiger partial charge in [-0.1, -0.05) is 6.07 Å². The quantitative estimate of drug-likeness (QED) is 0.622. The van der Waals surface area contributed by atoms with Crippen LogP contribution in [0, 0.1) is 5.21 Å². The van der Waals surface area contributed by atoms with Crippen LogP contribution in [0.15, 0.2) is 36.5 Å². The van der Waals surface area contributed by atoms with Crippen LogP contribution in [0.3, 0.4) is 0 Å². The van der Waals surface area contributed by atoms with Gasteiger partial charge in [-0.05, 0) is 23.8 Å². The van der Waals surface area contributed by atoms with Gasteiger partial charge >= 0.3 is 5.91 Å². The number of pyridine rings is 1. The lowest BCUT2D eigenvalue weighted by molar-refractivity contribution is -0.607. The van der Waals surface area contributed by atoms with Gasteiger partial charge in [-0.15, -0.1) is 0 Å². The second kappa shape index (κ2) is 6.45. The minimum Gasteiger partial charge on any atom is -0.618 e. The van der Waals surface area contributed by atoms with E-state index in [0.29, 0.717) is 16.2 Å². The second-order valence-electron chi connectivity index (χ2n) is 5.05. The number of amides is 2. The molecule has 0 bridgehead atoms. The van der Waals surface area contributed by atoms with E-state index in [1.165, 1.54) is 25.4 Å². The maximum atomic E-state index is 12.3. The average molecular weight is 329 g/mol. The summed E-state index contributed by atoms with van der Waals surface area (Å²) in [5, 5.41) is 16.9. The van der Waals surface area contributed by atoms with Gasteiger partial charge in [-0.2, -0.15) is 4.73 Å². The molecule has 0 saturated carbocycles. The fraction of sp³-hybridized carbons (Fsp3) is 0.188. The highest BCUT2D eigenvalue weighted by Crippen LogP contribution is 2.32. The molecule has 0 aliphatic carbocycles. The molecular formula is C16H15N3O5. The summed E-state index contributed by atoms with van der Waals surface area (Å²) < 4.78 is 10.9.